The van der Waals surface area contributed by atoms with Crippen molar-refractivity contribution in [1.82, 2.24) is 5.43 Å². The quantitative estimate of drug-likeness (QED) is 0.665. The van der Waals surface area contributed by atoms with Crippen molar-refractivity contribution in [3.8, 4) is 0 Å². The third-order valence-electron chi connectivity index (χ3n) is 2.01. The van der Waals surface area contributed by atoms with Gasteiger partial charge >= 0.3 is 0 Å². The van der Waals surface area contributed by atoms with Crippen LogP contribution in [0.15, 0.2) is 15.1 Å². The van der Waals surface area contributed by atoms with Crippen molar-refractivity contribution in [2.75, 3.05) is 0 Å². The molecule has 0 saturated carbocycles. The van der Waals surface area contributed by atoms with Gasteiger partial charge in [-0.05, 0) is 6.42 Å². The van der Waals surface area contributed by atoms with Crippen molar-refractivity contribution in [1.29, 1.82) is 0 Å². The first kappa shape index (κ1) is 8.50. The minimum absolute atomic E-state index is 0.0541. The number of fused-ring (bicyclic) bond motifs is 1. The molecule has 1 atom stereocenters. The van der Waals surface area contributed by atoms with Crippen LogP contribution < -0.4 is 5.43 Å². The van der Waals surface area contributed by atoms with Crippen molar-refractivity contribution >= 4 is 35.0 Å². The molecule has 0 fully saturated rings. The summed E-state index contributed by atoms with van der Waals surface area (Å²) in [4.78, 5) is 8.76. The van der Waals surface area contributed by atoms with Crippen molar-refractivity contribution in [2.45, 2.75) is 25.8 Å². The molecule has 0 spiro atoms. The molecular weight excluding hydrogens is 184 g/mol. The van der Waals surface area contributed by atoms with E-state index < -0.39 is 0 Å². The van der Waals surface area contributed by atoms with Gasteiger partial charge in [-0.1, -0.05) is 25.6 Å². The molecule has 1 unspecified atom stereocenters. The minimum atomic E-state index is -0.0541. The SMILES string of the molecule is CCCC1=NNC2C(=S)N=CN=C12. The van der Waals surface area contributed by atoms with E-state index in [1.165, 1.54) is 6.34 Å². The number of rotatable bonds is 2. The number of aliphatic imine (C=N–C) groups is 2. The summed E-state index contributed by atoms with van der Waals surface area (Å²) in [6.45, 7) is 2.12. The highest BCUT2D eigenvalue weighted by Gasteiger charge is 2.30. The molecule has 2 rings (SSSR count). The Morgan fingerprint density at radius 3 is 3.23 bits per heavy atom. The lowest BCUT2D eigenvalue weighted by molar-refractivity contribution is 0.803. The molecule has 13 heavy (non-hydrogen) atoms. The van der Waals surface area contributed by atoms with Crippen molar-refractivity contribution < 1.29 is 0 Å². The molecular formula is C8H10N4S. The molecule has 2 aliphatic rings. The zero-order valence-electron chi connectivity index (χ0n) is 7.32. The summed E-state index contributed by atoms with van der Waals surface area (Å²) >= 11 is 5.07. The van der Waals surface area contributed by atoms with E-state index in [4.69, 9.17) is 12.2 Å². The van der Waals surface area contributed by atoms with E-state index in [1.807, 2.05) is 0 Å². The molecule has 0 bridgehead atoms. The molecule has 2 heterocycles. The van der Waals surface area contributed by atoms with E-state index in [9.17, 15) is 0 Å². The van der Waals surface area contributed by atoms with Gasteiger partial charge in [-0.2, -0.15) is 5.10 Å². The van der Waals surface area contributed by atoms with Crippen LogP contribution in [-0.4, -0.2) is 28.8 Å². The van der Waals surface area contributed by atoms with Gasteiger partial charge in [-0.25, -0.2) is 9.98 Å². The van der Waals surface area contributed by atoms with Crippen LogP contribution in [0.25, 0.3) is 0 Å². The fourth-order valence-electron chi connectivity index (χ4n) is 1.39. The van der Waals surface area contributed by atoms with Gasteiger partial charge in [-0.3, -0.25) is 5.43 Å². The van der Waals surface area contributed by atoms with E-state index >= 15 is 0 Å². The van der Waals surface area contributed by atoms with Gasteiger partial charge < -0.3 is 0 Å². The second kappa shape index (κ2) is 3.33. The van der Waals surface area contributed by atoms with Gasteiger partial charge in [-0.15, -0.1) is 0 Å². The molecule has 0 aromatic carbocycles. The third kappa shape index (κ3) is 1.39. The number of nitrogens with zero attached hydrogens (tertiary/aromatic N) is 3. The normalized spacial score (nSPS) is 25.0. The van der Waals surface area contributed by atoms with E-state index in [0.717, 1.165) is 24.3 Å². The first-order valence-electron chi connectivity index (χ1n) is 4.29. The van der Waals surface area contributed by atoms with Gasteiger partial charge in [0.1, 0.15) is 17.4 Å². The fourth-order valence-corrected chi connectivity index (χ4v) is 1.60. The molecule has 0 aliphatic carbocycles. The number of thiocarbonyl (C=S) groups is 1. The average Bonchev–Trinajstić information content (AvgIpc) is 2.51. The Labute approximate surface area is 81.8 Å². The Bertz CT molecular complexity index is 329. The monoisotopic (exact) mass is 194 g/mol. The van der Waals surface area contributed by atoms with Crippen molar-refractivity contribution in [3.05, 3.63) is 0 Å². The summed E-state index contributed by atoms with van der Waals surface area (Å²) in [6, 6.07) is -0.0541. The highest BCUT2D eigenvalue weighted by atomic mass is 32.1. The van der Waals surface area contributed by atoms with E-state index in [1.54, 1.807) is 0 Å². The number of hydrazone groups is 1. The van der Waals surface area contributed by atoms with Gasteiger partial charge in [0.05, 0.1) is 11.4 Å². The topological polar surface area (TPSA) is 49.1 Å². The van der Waals surface area contributed by atoms with Crippen LogP contribution in [0.4, 0.5) is 0 Å². The maximum atomic E-state index is 5.07. The Hall–Kier alpha value is -1.10. The molecule has 0 amide bonds. The number of nitrogens with one attached hydrogen (secondary N) is 1. The average molecular weight is 194 g/mol. The Morgan fingerprint density at radius 2 is 2.46 bits per heavy atom. The van der Waals surface area contributed by atoms with E-state index in [-0.39, 0.29) is 6.04 Å². The number of hydrogen-bond donors (Lipinski definition) is 1. The molecule has 2 aliphatic heterocycles. The smallest absolute Gasteiger partial charge is 0.140 e. The van der Waals surface area contributed by atoms with Gasteiger partial charge in [0.2, 0.25) is 0 Å². The van der Waals surface area contributed by atoms with Gasteiger partial charge in [0.15, 0.2) is 0 Å². The van der Waals surface area contributed by atoms with Crippen LogP contribution in [0.1, 0.15) is 19.8 Å². The van der Waals surface area contributed by atoms with Crippen LogP contribution in [-0.2, 0) is 0 Å². The first-order chi connectivity index (χ1) is 6.33. The zero-order valence-corrected chi connectivity index (χ0v) is 8.14. The highest BCUT2D eigenvalue weighted by Crippen LogP contribution is 2.11. The lowest BCUT2D eigenvalue weighted by Crippen LogP contribution is -2.38. The van der Waals surface area contributed by atoms with Crippen molar-refractivity contribution in [2.24, 2.45) is 15.1 Å². The summed E-state index contributed by atoms with van der Waals surface area (Å²) in [7, 11) is 0. The summed E-state index contributed by atoms with van der Waals surface area (Å²) < 4.78 is 0. The Balaban J connectivity index is 2.24. The predicted molar refractivity (Wildman–Crippen MR) is 57.8 cm³/mol. The molecule has 0 saturated heterocycles. The fraction of sp³-hybridized carbons (Fsp3) is 0.500. The zero-order chi connectivity index (χ0) is 9.26. The van der Waals surface area contributed by atoms with Crippen LogP contribution in [0, 0.1) is 0 Å². The minimum Gasteiger partial charge on any atom is -0.294 e. The maximum Gasteiger partial charge on any atom is 0.140 e. The summed E-state index contributed by atoms with van der Waals surface area (Å²) in [5.74, 6) is 0. The molecule has 0 radical (unpaired) electrons. The largest absolute Gasteiger partial charge is 0.294 e. The maximum absolute atomic E-state index is 5.07. The summed E-state index contributed by atoms with van der Waals surface area (Å²) in [5, 5.41) is 4.19. The molecule has 68 valence electrons. The second-order valence-electron chi connectivity index (χ2n) is 2.97. The van der Waals surface area contributed by atoms with Gasteiger partial charge in [0.25, 0.3) is 0 Å². The van der Waals surface area contributed by atoms with Crippen molar-refractivity contribution in [3.63, 3.8) is 0 Å². The highest BCUT2D eigenvalue weighted by molar-refractivity contribution is 7.80. The van der Waals surface area contributed by atoms with Gasteiger partial charge in [0, 0.05) is 0 Å². The van der Waals surface area contributed by atoms with Crippen LogP contribution in [0.2, 0.25) is 0 Å². The standard InChI is InChI=1S/C8H10N4S/c1-2-3-5-6-7(12-11-5)8(13)10-4-9-6/h4,7,12H,2-3H2,1H3. The second-order valence-corrected chi connectivity index (χ2v) is 3.39. The molecule has 4 nitrogen and oxygen atoms in total. The van der Waals surface area contributed by atoms with Crippen LogP contribution in [0.5, 0.6) is 0 Å². The Kier molecular flexibility index (Phi) is 2.18. The first-order valence-corrected chi connectivity index (χ1v) is 4.70. The van der Waals surface area contributed by atoms with Crippen LogP contribution >= 0.6 is 12.2 Å². The lowest BCUT2D eigenvalue weighted by Gasteiger charge is -2.12. The summed E-state index contributed by atoms with van der Waals surface area (Å²) in [6.07, 6.45) is 3.52. The summed E-state index contributed by atoms with van der Waals surface area (Å²) in [5.41, 5.74) is 4.91. The predicted octanol–water partition coefficient (Wildman–Crippen LogP) is 0.925. The Morgan fingerprint density at radius 1 is 1.62 bits per heavy atom. The third-order valence-corrected chi connectivity index (χ3v) is 2.35. The molecule has 5 heteroatoms. The number of hydrogen-bond acceptors (Lipinski definition) is 4. The lowest BCUT2D eigenvalue weighted by atomic mass is 10.0. The van der Waals surface area contributed by atoms with Crippen LogP contribution in [0.3, 0.4) is 0 Å². The molecule has 1 N–H and O–H groups in total. The van der Waals surface area contributed by atoms with E-state index in [0.29, 0.717) is 4.99 Å². The molecule has 0 aromatic rings. The molecule has 0 aromatic heterocycles. The van der Waals surface area contributed by atoms with E-state index in [2.05, 4.69) is 27.4 Å².